The Kier molecular flexibility index (Phi) is 4.50. The lowest BCUT2D eigenvalue weighted by molar-refractivity contribution is -0.139. The predicted octanol–water partition coefficient (Wildman–Crippen LogP) is 3.47. The smallest absolute Gasteiger partial charge is 0.336 e. The van der Waals surface area contributed by atoms with Crippen LogP contribution >= 0.6 is 11.6 Å². The van der Waals surface area contributed by atoms with E-state index >= 15 is 0 Å². The van der Waals surface area contributed by atoms with Gasteiger partial charge in [-0.15, -0.1) is 0 Å². The summed E-state index contributed by atoms with van der Waals surface area (Å²) in [6.45, 7) is 5.23. The van der Waals surface area contributed by atoms with Crippen LogP contribution in [0.15, 0.2) is 36.4 Å². The highest BCUT2D eigenvalue weighted by Crippen LogP contribution is 2.27. The summed E-state index contributed by atoms with van der Waals surface area (Å²) in [5, 5.41) is 0.414. The van der Waals surface area contributed by atoms with Gasteiger partial charge in [0.25, 0.3) is 0 Å². The van der Waals surface area contributed by atoms with Crippen LogP contribution in [0.4, 0.5) is 4.39 Å². The van der Waals surface area contributed by atoms with Crippen molar-refractivity contribution in [3.8, 4) is 0 Å². The molecule has 86 valence electrons. The quantitative estimate of drug-likeness (QED) is 0.597. The molecule has 1 atom stereocenters. The Labute approximate surface area is 98.7 Å². The van der Waals surface area contributed by atoms with Gasteiger partial charge in [-0.25, -0.2) is 9.18 Å². The average molecular weight is 243 g/mol. The number of benzene rings is 1. The van der Waals surface area contributed by atoms with Crippen LogP contribution in [-0.4, -0.2) is 12.6 Å². The molecule has 0 aliphatic heterocycles. The maximum Gasteiger partial charge on any atom is 0.336 e. The second kappa shape index (κ2) is 5.66. The van der Waals surface area contributed by atoms with Crippen molar-refractivity contribution in [2.45, 2.75) is 13.1 Å². The molecule has 0 heterocycles. The number of carbonyl (C=O) groups excluding carboxylic acids is 1. The molecule has 0 bridgehead atoms. The lowest BCUT2D eigenvalue weighted by Gasteiger charge is -2.10. The molecule has 1 unspecified atom stereocenters. The van der Waals surface area contributed by atoms with Crippen LogP contribution < -0.4 is 0 Å². The first-order chi connectivity index (χ1) is 7.56. The summed E-state index contributed by atoms with van der Waals surface area (Å²) in [6, 6.07) is 6.24. The highest BCUT2D eigenvalue weighted by atomic mass is 35.5. The highest BCUT2D eigenvalue weighted by molar-refractivity contribution is 6.30. The standard InChI is InChI=1S/C12H12ClFO2/c1-3-16-12(15)8(2)11(14)9-5-4-6-10(13)7-9/h4-7,11H,2-3H2,1H3. The van der Waals surface area contributed by atoms with Crippen molar-refractivity contribution in [1.82, 2.24) is 0 Å². The summed E-state index contributed by atoms with van der Waals surface area (Å²) in [7, 11) is 0. The summed E-state index contributed by atoms with van der Waals surface area (Å²) in [6.07, 6.45) is -1.59. The van der Waals surface area contributed by atoms with E-state index in [0.717, 1.165) is 0 Å². The third kappa shape index (κ3) is 3.07. The van der Waals surface area contributed by atoms with Crippen molar-refractivity contribution < 1.29 is 13.9 Å². The molecule has 0 N–H and O–H groups in total. The van der Waals surface area contributed by atoms with E-state index in [1.807, 2.05) is 0 Å². The topological polar surface area (TPSA) is 26.3 Å². The van der Waals surface area contributed by atoms with Gasteiger partial charge in [0, 0.05) is 5.02 Å². The number of esters is 1. The molecule has 2 nitrogen and oxygen atoms in total. The molecule has 0 saturated heterocycles. The predicted molar refractivity (Wildman–Crippen MR) is 61.1 cm³/mol. The number of ether oxygens (including phenoxy) is 1. The van der Waals surface area contributed by atoms with Crippen LogP contribution in [-0.2, 0) is 9.53 Å². The molecule has 1 aromatic rings. The minimum absolute atomic E-state index is 0.195. The molecule has 0 aromatic heterocycles. The van der Waals surface area contributed by atoms with Gasteiger partial charge in [0.1, 0.15) is 0 Å². The molecule has 16 heavy (non-hydrogen) atoms. The van der Waals surface area contributed by atoms with Crippen molar-refractivity contribution in [2.24, 2.45) is 0 Å². The highest BCUT2D eigenvalue weighted by Gasteiger charge is 2.21. The summed E-state index contributed by atoms with van der Waals surface area (Å²) in [4.78, 5) is 11.2. The van der Waals surface area contributed by atoms with Crippen molar-refractivity contribution >= 4 is 17.6 Å². The first-order valence-corrected chi connectivity index (χ1v) is 5.19. The number of rotatable bonds is 4. The minimum Gasteiger partial charge on any atom is -0.463 e. The summed E-state index contributed by atoms with van der Waals surface area (Å²) < 4.78 is 18.5. The molecule has 0 aliphatic rings. The van der Waals surface area contributed by atoms with Gasteiger partial charge < -0.3 is 4.74 Å². The number of hydrogen-bond donors (Lipinski definition) is 0. The van der Waals surface area contributed by atoms with Crippen LogP contribution in [0.25, 0.3) is 0 Å². The number of alkyl halides is 1. The lowest BCUT2D eigenvalue weighted by atomic mass is 10.0. The molecule has 1 aromatic carbocycles. The molecule has 0 amide bonds. The Morgan fingerprint density at radius 2 is 2.31 bits per heavy atom. The van der Waals surface area contributed by atoms with Gasteiger partial charge in [-0.05, 0) is 24.6 Å². The molecule has 0 spiro atoms. The summed E-state index contributed by atoms with van der Waals surface area (Å²) in [5.41, 5.74) is 0.0784. The fourth-order valence-corrected chi connectivity index (χ4v) is 1.39. The molecule has 4 heteroatoms. The van der Waals surface area contributed by atoms with Gasteiger partial charge >= 0.3 is 5.97 Å². The zero-order valence-electron chi connectivity index (χ0n) is 8.87. The largest absolute Gasteiger partial charge is 0.463 e. The van der Waals surface area contributed by atoms with Crippen LogP contribution in [0.2, 0.25) is 5.02 Å². The lowest BCUT2D eigenvalue weighted by Crippen LogP contribution is -2.11. The van der Waals surface area contributed by atoms with Crippen LogP contribution in [0.3, 0.4) is 0 Å². The van der Waals surface area contributed by atoms with Crippen LogP contribution in [0.5, 0.6) is 0 Å². The van der Waals surface area contributed by atoms with Crippen molar-refractivity contribution in [2.75, 3.05) is 6.61 Å². The van der Waals surface area contributed by atoms with Gasteiger partial charge in [0.15, 0.2) is 6.17 Å². The zero-order chi connectivity index (χ0) is 12.1. The third-order valence-corrected chi connectivity index (χ3v) is 2.22. The van der Waals surface area contributed by atoms with Gasteiger partial charge in [-0.3, -0.25) is 0 Å². The fraction of sp³-hybridized carbons (Fsp3) is 0.250. The second-order valence-electron chi connectivity index (χ2n) is 3.16. The molecule has 0 fully saturated rings. The fourth-order valence-electron chi connectivity index (χ4n) is 1.19. The Morgan fingerprint density at radius 1 is 1.62 bits per heavy atom. The maximum absolute atomic E-state index is 13.8. The van der Waals surface area contributed by atoms with E-state index in [2.05, 4.69) is 11.3 Å². The van der Waals surface area contributed by atoms with E-state index in [4.69, 9.17) is 11.6 Å². The Bertz CT molecular complexity index is 404. The van der Waals surface area contributed by atoms with E-state index in [1.54, 1.807) is 25.1 Å². The van der Waals surface area contributed by atoms with Crippen LogP contribution in [0.1, 0.15) is 18.7 Å². The van der Waals surface area contributed by atoms with E-state index in [0.29, 0.717) is 10.6 Å². The number of hydrogen-bond acceptors (Lipinski definition) is 2. The first kappa shape index (κ1) is 12.7. The Morgan fingerprint density at radius 3 is 2.88 bits per heavy atom. The first-order valence-electron chi connectivity index (χ1n) is 4.81. The normalized spacial score (nSPS) is 11.9. The van der Waals surface area contributed by atoms with Gasteiger partial charge in [-0.1, -0.05) is 30.3 Å². The Hall–Kier alpha value is -1.35. The van der Waals surface area contributed by atoms with Crippen molar-refractivity contribution in [3.63, 3.8) is 0 Å². The SMILES string of the molecule is C=C(C(=O)OCC)C(F)c1cccc(Cl)c1. The number of halogens is 2. The summed E-state index contributed by atoms with van der Waals surface area (Å²) >= 11 is 5.72. The second-order valence-corrected chi connectivity index (χ2v) is 3.60. The molecular formula is C12H12ClFO2. The van der Waals surface area contributed by atoms with E-state index in [-0.39, 0.29) is 12.2 Å². The zero-order valence-corrected chi connectivity index (χ0v) is 9.63. The van der Waals surface area contributed by atoms with Crippen LogP contribution in [0, 0.1) is 0 Å². The monoisotopic (exact) mass is 242 g/mol. The third-order valence-electron chi connectivity index (χ3n) is 1.98. The molecule has 0 radical (unpaired) electrons. The average Bonchev–Trinajstić information content (AvgIpc) is 2.27. The number of carbonyl (C=O) groups is 1. The van der Waals surface area contributed by atoms with E-state index < -0.39 is 12.1 Å². The van der Waals surface area contributed by atoms with E-state index in [9.17, 15) is 9.18 Å². The minimum atomic E-state index is -1.59. The molecule has 1 rings (SSSR count). The molecule has 0 saturated carbocycles. The van der Waals surface area contributed by atoms with Crippen molar-refractivity contribution in [3.05, 3.63) is 47.0 Å². The van der Waals surface area contributed by atoms with Gasteiger partial charge in [0.05, 0.1) is 12.2 Å². The van der Waals surface area contributed by atoms with Crippen molar-refractivity contribution in [1.29, 1.82) is 0 Å². The molecule has 0 aliphatic carbocycles. The Balaban J connectivity index is 2.82. The van der Waals surface area contributed by atoms with E-state index in [1.165, 1.54) is 6.07 Å². The maximum atomic E-state index is 13.8. The van der Waals surface area contributed by atoms with Gasteiger partial charge in [-0.2, -0.15) is 0 Å². The van der Waals surface area contributed by atoms with Gasteiger partial charge in [0.2, 0.25) is 0 Å². The molecular weight excluding hydrogens is 231 g/mol. The summed E-state index contributed by atoms with van der Waals surface area (Å²) in [5.74, 6) is -0.727.